The minimum absolute atomic E-state index is 0.232. The van der Waals surface area contributed by atoms with Crippen LogP contribution in [0.4, 0.5) is 4.39 Å². The third kappa shape index (κ3) is 3.09. The number of carbonyl (C=O) groups is 1. The third-order valence-corrected chi connectivity index (χ3v) is 3.42. The van der Waals surface area contributed by atoms with Gasteiger partial charge in [-0.2, -0.15) is 0 Å². The van der Waals surface area contributed by atoms with Gasteiger partial charge in [0.2, 0.25) is 5.91 Å². The Morgan fingerprint density at radius 2 is 1.79 bits per heavy atom. The third-order valence-electron chi connectivity index (χ3n) is 2.62. The molecule has 0 fully saturated rings. The van der Waals surface area contributed by atoms with E-state index in [0.29, 0.717) is 5.56 Å². The molecule has 0 heterocycles. The van der Waals surface area contributed by atoms with Crippen molar-refractivity contribution in [1.29, 1.82) is 0 Å². The number of primary amides is 1. The fraction of sp³-hybridized carbons (Fsp3) is 0. The summed E-state index contributed by atoms with van der Waals surface area (Å²) in [6.07, 6.45) is 1.64. The molecule has 0 saturated carbocycles. The molecule has 2 N–H and O–H groups in total. The van der Waals surface area contributed by atoms with E-state index in [1.165, 1.54) is 12.1 Å². The van der Waals surface area contributed by atoms with Gasteiger partial charge in [-0.05, 0) is 33.6 Å². The molecule has 0 aliphatic rings. The van der Waals surface area contributed by atoms with Crippen LogP contribution >= 0.6 is 15.9 Å². The van der Waals surface area contributed by atoms with Crippen molar-refractivity contribution in [2.45, 2.75) is 0 Å². The van der Waals surface area contributed by atoms with E-state index >= 15 is 0 Å². The molecule has 0 bridgehead atoms. The molecule has 0 spiro atoms. The van der Waals surface area contributed by atoms with Gasteiger partial charge in [0.05, 0.1) is 4.47 Å². The van der Waals surface area contributed by atoms with Crippen LogP contribution in [0, 0.1) is 5.82 Å². The number of rotatable bonds is 3. The highest BCUT2D eigenvalue weighted by molar-refractivity contribution is 9.10. The summed E-state index contributed by atoms with van der Waals surface area (Å²) in [4.78, 5) is 11.6. The summed E-state index contributed by atoms with van der Waals surface area (Å²) in [6.45, 7) is 0. The summed E-state index contributed by atoms with van der Waals surface area (Å²) in [6, 6.07) is 13.8. The Hall–Kier alpha value is -1.94. The lowest BCUT2D eigenvalue weighted by Crippen LogP contribution is -2.13. The predicted octanol–water partition coefficient (Wildman–Crippen LogP) is 3.61. The van der Waals surface area contributed by atoms with E-state index in [2.05, 4.69) is 15.9 Å². The van der Waals surface area contributed by atoms with E-state index in [1.54, 1.807) is 12.1 Å². The zero-order chi connectivity index (χ0) is 13.8. The van der Waals surface area contributed by atoms with Crippen LogP contribution in [0.2, 0.25) is 0 Å². The van der Waals surface area contributed by atoms with Gasteiger partial charge in [0.15, 0.2) is 0 Å². The molecule has 1 amide bonds. The lowest BCUT2D eigenvalue weighted by atomic mass is 10.0. The minimum atomic E-state index is -0.602. The van der Waals surface area contributed by atoms with Gasteiger partial charge in [0, 0.05) is 11.1 Å². The number of halogens is 2. The number of carbonyl (C=O) groups excluding carboxylic acids is 1. The molecule has 2 nitrogen and oxygen atoms in total. The molecule has 19 heavy (non-hydrogen) atoms. The van der Waals surface area contributed by atoms with Gasteiger partial charge in [-0.25, -0.2) is 4.39 Å². The minimum Gasteiger partial charge on any atom is -0.366 e. The van der Waals surface area contributed by atoms with Crippen LogP contribution in [0.1, 0.15) is 11.1 Å². The Kier molecular flexibility index (Phi) is 4.12. The SMILES string of the molecule is NC(=O)C(=Cc1ccccc1)c1cccc(F)c1Br. The van der Waals surface area contributed by atoms with Crippen molar-refractivity contribution in [3.05, 3.63) is 69.9 Å². The summed E-state index contributed by atoms with van der Waals surface area (Å²) in [5.74, 6) is -1.03. The van der Waals surface area contributed by atoms with Crippen molar-refractivity contribution in [2.24, 2.45) is 5.73 Å². The predicted molar refractivity (Wildman–Crippen MR) is 77.6 cm³/mol. The van der Waals surface area contributed by atoms with Crippen LogP contribution in [0.3, 0.4) is 0 Å². The van der Waals surface area contributed by atoms with Crippen LogP contribution < -0.4 is 5.73 Å². The average Bonchev–Trinajstić information content (AvgIpc) is 2.40. The molecule has 96 valence electrons. The van der Waals surface area contributed by atoms with E-state index in [9.17, 15) is 9.18 Å². The number of amides is 1. The molecule has 0 unspecified atom stereocenters. The largest absolute Gasteiger partial charge is 0.366 e. The molecule has 0 saturated heterocycles. The van der Waals surface area contributed by atoms with Gasteiger partial charge in [0.1, 0.15) is 5.82 Å². The van der Waals surface area contributed by atoms with Crippen molar-refractivity contribution in [1.82, 2.24) is 0 Å². The Bertz CT molecular complexity index is 638. The number of nitrogens with two attached hydrogens (primary N) is 1. The summed E-state index contributed by atoms with van der Waals surface area (Å²) >= 11 is 3.14. The fourth-order valence-corrected chi connectivity index (χ4v) is 2.19. The maximum Gasteiger partial charge on any atom is 0.249 e. The van der Waals surface area contributed by atoms with Gasteiger partial charge in [-0.3, -0.25) is 4.79 Å². The van der Waals surface area contributed by atoms with Gasteiger partial charge in [-0.1, -0.05) is 42.5 Å². The molecular weight excluding hydrogens is 309 g/mol. The molecule has 0 aliphatic carbocycles. The van der Waals surface area contributed by atoms with Crippen LogP contribution in [0.5, 0.6) is 0 Å². The summed E-state index contributed by atoms with van der Waals surface area (Å²) in [5.41, 5.74) is 6.91. The van der Waals surface area contributed by atoms with Crippen molar-refractivity contribution in [3.63, 3.8) is 0 Å². The number of hydrogen-bond acceptors (Lipinski definition) is 1. The molecule has 0 aromatic heterocycles. The van der Waals surface area contributed by atoms with Gasteiger partial charge in [-0.15, -0.1) is 0 Å². The highest BCUT2D eigenvalue weighted by Crippen LogP contribution is 2.28. The topological polar surface area (TPSA) is 43.1 Å². The highest BCUT2D eigenvalue weighted by atomic mass is 79.9. The number of hydrogen-bond donors (Lipinski definition) is 1. The van der Waals surface area contributed by atoms with Crippen molar-refractivity contribution >= 4 is 33.5 Å². The van der Waals surface area contributed by atoms with E-state index in [0.717, 1.165) is 5.56 Å². The quantitative estimate of drug-likeness (QED) is 0.681. The molecule has 0 radical (unpaired) electrons. The van der Waals surface area contributed by atoms with Crippen LogP contribution in [-0.4, -0.2) is 5.91 Å². The van der Waals surface area contributed by atoms with E-state index in [4.69, 9.17) is 5.73 Å². The van der Waals surface area contributed by atoms with E-state index < -0.39 is 11.7 Å². The first-order valence-electron chi connectivity index (χ1n) is 5.60. The van der Waals surface area contributed by atoms with Gasteiger partial charge >= 0.3 is 0 Å². The first-order valence-corrected chi connectivity index (χ1v) is 6.40. The summed E-state index contributed by atoms with van der Waals surface area (Å²) in [5, 5.41) is 0. The van der Waals surface area contributed by atoms with Crippen molar-refractivity contribution in [3.8, 4) is 0 Å². The smallest absolute Gasteiger partial charge is 0.249 e. The van der Waals surface area contributed by atoms with Crippen molar-refractivity contribution < 1.29 is 9.18 Å². The lowest BCUT2D eigenvalue weighted by Gasteiger charge is -2.07. The maximum absolute atomic E-state index is 13.5. The lowest BCUT2D eigenvalue weighted by molar-refractivity contribution is -0.112. The monoisotopic (exact) mass is 319 g/mol. The van der Waals surface area contributed by atoms with Crippen molar-refractivity contribution in [2.75, 3.05) is 0 Å². The number of benzene rings is 2. The second kappa shape index (κ2) is 5.80. The Morgan fingerprint density at radius 1 is 1.11 bits per heavy atom. The molecule has 0 atom stereocenters. The van der Waals surface area contributed by atoms with Gasteiger partial charge < -0.3 is 5.73 Å². The first kappa shape index (κ1) is 13.5. The Balaban J connectivity index is 2.56. The van der Waals surface area contributed by atoms with E-state index in [-0.39, 0.29) is 10.0 Å². The molecule has 2 aromatic rings. The zero-order valence-corrected chi connectivity index (χ0v) is 11.5. The Morgan fingerprint density at radius 3 is 2.42 bits per heavy atom. The first-order chi connectivity index (χ1) is 9.09. The normalized spacial score (nSPS) is 11.4. The maximum atomic E-state index is 13.5. The standard InChI is InChI=1S/C15H11BrFNO/c16-14-11(7-4-8-13(14)17)12(15(18)19)9-10-5-2-1-3-6-10/h1-9H,(H2,18,19). The summed E-state index contributed by atoms with van der Waals surface area (Å²) in [7, 11) is 0. The molecule has 2 aromatic carbocycles. The average molecular weight is 320 g/mol. The molecule has 4 heteroatoms. The molecule has 0 aliphatic heterocycles. The highest BCUT2D eigenvalue weighted by Gasteiger charge is 2.14. The second-order valence-electron chi connectivity index (χ2n) is 3.93. The van der Waals surface area contributed by atoms with Crippen LogP contribution in [0.15, 0.2) is 53.0 Å². The molecular formula is C15H11BrFNO. The fourth-order valence-electron chi connectivity index (χ4n) is 1.71. The van der Waals surface area contributed by atoms with Crippen LogP contribution in [-0.2, 0) is 4.79 Å². The van der Waals surface area contributed by atoms with E-state index in [1.807, 2.05) is 30.3 Å². The van der Waals surface area contributed by atoms with Crippen LogP contribution in [0.25, 0.3) is 11.6 Å². The zero-order valence-electron chi connectivity index (χ0n) is 9.94. The molecule has 2 rings (SSSR count). The Labute approximate surface area is 118 Å². The summed E-state index contributed by atoms with van der Waals surface area (Å²) < 4.78 is 13.7. The van der Waals surface area contributed by atoms with Gasteiger partial charge in [0.25, 0.3) is 0 Å². The second-order valence-corrected chi connectivity index (χ2v) is 4.73.